The average molecular weight is 833 g/mol. The number of hydrogen-bond donors (Lipinski definition) is 5. The Morgan fingerprint density at radius 1 is 0.750 bits per heavy atom. The van der Waals surface area contributed by atoms with Crippen LogP contribution in [0.15, 0.2) is 58.7 Å². The van der Waals surface area contributed by atoms with Crippen molar-refractivity contribution >= 4 is 0 Å². The topological polar surface area (TPSA) is 110 Å². The number of aliphatic hydroxyl groups excluding tert-OH is 3. The zero-order valence-corrected chi connectivity index (χ0v) is 39.4. The fraction of sp³-hybridized carbons (Fsp3) is 0.815. The van der Waals surface area contributed by atoms with Crippen LogP contribution in [-0.2, 0) is 4.74 Å². The summed E-state index contributed by atoms with van der Waals surface area (Å²) in [5, 5.41) is 53.3. The molecule has 0 amide bonds. The van der Waals surface area contributed by atoms with E-state index in [-0.39, 0.29) is 17.4 Å². The summed E-state index contributed by atoms with van der Waals surface area (Å²) in [6.07, 6.45) is 28.2. The molecule has 0 bridgehead atoms. The molecule has 6 rings (SSSR count). The van der Waals surface area contributed by atoms with Crippen LogP contribution in [-0.4, -0.2) is 67.8 Å². The van der Waals surface area contributed by atoms with E-state index in [0.29, 0.717) is 67.3 Å². The summed E-state index contributed by atoms with van der Waals surface area (Å²) in [6.45, 7) is 22.5. The van der Waals surface area contributed by atoms with Crippen LogP contribution in [0, 0.1) is 52.3 Å². The van der Waals surface area contributed by atoms with Crippen molar-refractivity contribution < 1.29 is 30.3 Å². The first-order chi connectivity index (χ1) is 28.2. The summed E-state index contributed by atoms with van der Waals surface area (Å²) in [5.74, 6) is 3.32. The number of allylic oxidation sites excluding steroid dienone is 6. The van der Waals surface area contributed by atoms with Gasteiger partial charge in [0.2, 0.25) is 0 Å². The van der Waals surface area contributed by atoms with Gasteiger partial charge in [0, 0.05) is 12.3 Å². The van der Waals surface area contributed by atoms with Gasteiger partial charge in [0.25, 0.3) is 0 Å². The van der Waals surface area contributed by atoms with Crippen molar-refractivity contribution in [3.8, 4) is 0 Å². The average Bonchev–Trinajstić information content (AvgIpc) is 3.71. The number of ether oxygens (including phenoxy) is 1. The lowest BCUT2D eigenvalue weighted by atomic mass is 9.60. The van der Waals surface area contributed by atoms with Gasteiger partial charge in [-0.2, -0.15) is 0 Å². The van der Waals surface area contributed by atoms with Gasteiger partial charge in [-0.3, -0.25) is 0 Å². The molecule has 0 spiro atoms. The molecule has 5 N–H and O–H groups in total. The van der Waals surface area contributed by atoms with Gasteiger partial charge in [0.1, 0.15) is 0 Å². The zero-order chi connectivity index (χ0) is 43.6. The number of rotatable bonds is 15. The third-order valence-corrected chi connectivity index (χ3v) is 17.6. The van der Waals surface area contributed by atoms with E-state index in [0.717, 1.165) is 67.6 Å². The maximum absolute atomic E-state index is 11.3. The molecular formula is C54H88O6. The lowest BCUT2D eigenvalue weighted by molar-refractivity contribution is -0.0242. The van der Waals surface area contributed by atoms with Crippen molar-refractivity contribution in [2.45, 2.75) is 219 Å². The molecule has 12 atom stereocenters. The standard InChI is InChI=1S/C54H88O6/c1-35(14-10-26-51(4,5)58)44-22-23-45-40(16-12-28-53(44,45)8)20-21-41-32-43(55)33-50(36(41)2)60-34-42(17-11-27-52(6,7)59)47-25-24-46-39(15-13-29-54(46,47)9)19-18-38-30-48(56)37(3)49(57)31-38/h18-21,35,37,42-50,55-59H,2,10-17,22-34H2,1,3-9H3/b38-18?,39-19+,40-20+,41-21-/t35-,37?,42-,43+,44?,45?,46?,47?,48+,49+,50-,53+,54-/m0/s1. The SMILES string of the molecule is C=C1/C(=C\C=C2/CCC[C@@]3(C)C2CCC3[C@@H](C)CCCC(C)(C)O)C[C@@H](O)C[C@@H]1OC[C@H](CCCC(C)(C)O)C1CCC2/C(=C/C=C3C[C@@H](O)C(C)[C@H](O)C3)CCC[C@@]21C. The smallest absolute Gasteiger partial charge is 0.0846 e. The highest BCUT2D eigenvalue weighted by Gasteiger charge is 2.52. The van der Waals surface area contributed by atoms with Crippen molar-refractivity contribution in [3.05, 3.63) is 58.7 Å². The van der Waals surface area contributed by atoms with E-state index in [2.05, 4.69) is 51.7 Å². The molecular weight excluding hydrogens is 745 g/mol. The molecule has 340 valence electrons. The highest BCUT2D eigenvalue weighted by atomic mass is 16.5. The molecule has 0 heterocycles. The zero-order valence-electron chi connectivity index (χ0n) is 39.4. The van der Waals surface area contributed by atoms with Crippen LogP contribution in [0.5, 0.6) is 0 Å². The predicted molar refractivity (Wildman–Crippen MR) is 246 cm³/mol. The maximum atomic E-state index is 11.3. The third kappa shape index (κ3) is 11.4. The summed E-state index contributed by atoms with van der Waals surface area (Å²) < 4.78 is 6.96. The number of aliphatic hydroxyl groups is 5. The van der Waals surface area contributed by atoms with E-state index in [1.54, 1.807) is 5.57 Å². The maximum Gasteiger partial charge on any atom is 0.0846 e. The lowest BCUT2D eigenvalue weighted by Gasteiger charge is -2.45. The minimum atomic E-state index is -0.693. The molecule has 6 nitrogen and oxygen atoms in total. The Hall–Kier alpha value is -1.54. The van der Waals surface area contributed by atoms with Gasteiger partial charge in [-0.1, -0.05) is 94.6 Å². The van der Waals surface area contributed by atoms with Crippen LogP contribution in [0.4, 0.5) is 0 Å². The number of fused-ring (bicyclic) bond motifs is 2. The summed E-state index contributed by atoms with van der Waals surface area (Å²) in [7, 11) is 0. The quantitative estimate of drug-likeness (QED) is 0.112. The summed E-state index contributed by atoms with van der Waals surface area (Å²) in [5.41, 5.74) is 5.68. The van der Waals surface area contributed by atoms with Gasteiger partial charge < -0.3 is 30.3 Å². The minimum absolute atomic E-state index is 0.0806. The summed E-state index contributed by atoms with van der Waals surface area (Å²) in [4.78, 5) is 0. The molecule has 6 fully saturated rings. The molecule has 0 aliphatic heterocycles. The van der Waals surface area contributed by atoms with Crippen LogP contribution in [0.25, 0.3) is 0 Å². The Morgan fingerprint density at radius 2 is 1.28 bits per heavy atom. The van der Waals surface area contributed by atoms with E-state index < -0.39 is 29.5 Å². The Bertz CT molecular complexity index is 1570. The normalized spacial score (nSPS) is 39.6. The van der Waals surface area contributed by atoms with E-state index >= 15 is 0 Å². The van der Waals surface area contributed by atoms with Crippen LogP contribution in [0.2, 0.25) is 0 Å². The molecule has 0 aromatic rings. The fourth-order valence-electron chi connectivity index (χ4n) is 14.0. The molecule has 4 unspecified atom stereocenters. The molecule has 0 aromatic carbocycles. The van der Waals surface area contributed by atoms with Crippen molar-refractivity contribution in [1.29, 1.82) is 0 Å². The van der Waals surface area contributed by atoms with Crippen LogP contribution in [0.3, 0.4) is 0 Å². The summed E-state index contributed by atoms with van der Waals surface area (Å²) >= 11 is 0. The van der Waals surface area contributed by atoms with Gasteiger partial charge in [0.15, 0.2) is 0 Å². The lowest BCUT2D eigenvalue weighted by Crippen LogP contribution is -2.39. The first kappa shape index (κ1) is 47.9. The van der Waals surface area contributed by atoms with Gasteiger partial charge in [-0.25, -0.2) is 0 Å². The second-order valence-corrected chi connectivity index (χ2v) is 23.2. The molecule has 60 heavy (non-hydrogen) atoms. The van der Waals surface area contributed by atoms with Crippen molar-refractivity contribution in [3.63, 3.8) is 0 Å². The first-order valence-corrected chi connectivity index (χ1v) is 24.8. The van der Waals surface area contributed by atoms with Gasteiger partial charge in [-0.05, 0) is 188 Å². The van der Waals surface area contributed by atoms with E-state index in [9.17, 15) is 25.5 Å². The second kappa shape index (κ2) is 19.7. The first-order valence-electron chi connectivity index (χ1n) is 24.8. The van der Waals surface area contributed by atoms with Crippen molar-refractivity contribution in [2.75, 3.05) is 6.61 Å². The second-order valence-electron chi connectivity index (χ2n) is 23.2. The predicted octanol–water partition coefficient (Wildman–Crippen LogP) is 11.5. The van der Waals surface area contributed by atoms with Crippen LogP contribution in [0.1, 0.15) is 184 Å². The van der Waals surface area contributed by atoms with Gasteiger partial charge in [0.05, 0.1) is 42.2 Å². The van der Waals surface area contributed by atoms with E-state index in [4.69, 9.17) is 4.74 Å². The molecule has 0 radical (unpaired) electrons. The molecule has 6 aliphatic rings. The fourth-order valence-corrected chi connectivity index (χ4v) is 14.0. The Kier molecular flexibility index (Phi) is 15.7. The molecule has 0 aromatic heterocycles. The highest BCUT2D eigenvalue weighted by molar-refractivity contribution is 5.39. The van der Waals surface area contributed by atoms with E-state index in [1.165, 1.54) is 63.4 Å². The Labute approximate surface area is 366 Å². The van der Waals surface area contributed by atoms with Crippen molar-refractivity contribution in [1.82, 2.24) is 0 Å². The molecule has 6 saturated carbocycles. The number of hydrogen-bond acceptors (Lipinski definition) is 6. The molecule has 6 aliphatic carbocycles. The van der Waals surface area contributed by atoms with Crippen LogP contribution < -0.4 is 0 Å². The monoisotopic (exact) mass is 833 g/mol. The Morgan fingerprint density at radius 3 is 1.87 bits per heavy atom. The van der Waals surface area contributed by atoms with Crippen LogP contribution >= 0.6 is 0 Å². The molecule has 0 saturated heterocycles. The third-order valence-electron chi connectivity index (χ3n) is 17.6. The van der Waals surface area contributed by atoms with Crippen molar-refractivity contribution in [2.24, 2.45) is 52.3 Å². The Balaban J connectivity index is 1.14. The molecule has 6 heteroatoms. The van der Waals surface area contributed by atoms with E-state index in [1.807, 2.05) is 34.6 Å². The minimum Gasteiger partial charge on any atom is -0.393 e. The largest absolute Gasteiger partial charge is 0.393 e. The van der Waals surface area contributed by atoms with Gasteiger partial charge >= 0.3 is 0 Å². The summed E-state index contributed by atoms with van der Waals surface area (Å²) in [6, 6.07) is 0. The van der Waals surface area contributed by atoms with Gasteiger partial charge in [-0.15, -0.1) is 0 Å². The highest BCUT2D eigenvalue weighted by Crippen LogP contribution is 2.61.